The molecule has 3 aromatic carbocycles. The third-order valence-corrected chi connectivity index (χ3v) is 5.27. The van der Waals surface area contributed by atoms with E-state index in [2.05, 4.69) is 0 Å². The predicted molar refractivity (Wildman–Crippen MR) is 120 cm³/mol. The first-order valence-corrected chi connectivity index (χ1v) is 10.4. The maximum Gasteiger partial charge on any atom is 0.343 e. The molecule has 0 bridgehead atoms. The lowest BCUT2D eigenvalue weighted by Gasteiger charge is -2.16. The SMILES string of the molecule is O=C(COC(=O)[C@@H]1CC(=O)N(c2ccccc2)C1)c1ccc(OC(=O)c2ccccc2)cc1. The molecule has 1 aliphatic rings. The van der Waals surface area contributed by atoms with Crippen LogP contribution in [0, 0.1) is 5.92 Å². The second-order valence-electron chi connectivity index (χ2n) is 7.55. The number of para-hydroxylation sites is 1. The Morgan fingerprint density at radius 1 is 0.818 bits per heavy atom. The molecule has 7 nitrogen and oxygen atoms in total. The summed E-state index contributed by atoms with van der Waals surface area (Å²) in [5.41, 5.74) is 1.46. The van der Waals surface area contributed by atoms with Gasteiger partial charge in [-0.15, -0.1) is 0 Å². The van der Waals surface area contributed by atoms with E-state index in [1.54, 1.807) is 47.4 Å². The largest absolute Gasteiger partial charge is 0.457 e. The standard InChI is InChI=1S/C26H21NO6/c28-23(18-11-13-22(14-12-18)33-26(31)19-7-3-1-4-8-19)17-32-25(30)20-15-24(29)27(16-20)21-9-5-2-6-10-21/h1-14,20H,15-17H2/t20-/m1/s1. The van der Waals surface area contributed by atoms with E-state index >= 15 is 0 Å². The molecule has 4 rings (SSSR count). The number of hydrogen-bond acceptors (Lipinski definition) is 6. The van der Waals surface area contributed by atoms with Gasteiger partial charge in [0.1, 0.15) is 5.75 Å². The van der Waals surface area contributed by atoms with Crippen LogP contribution in [-0.4, -0.2) is 36.8 Å². The molecule has 1 aliphatic heterocycles. The Kier molecular flexibility index (Phi) is 6.59. The van der Waals surface area contributed by atoms with Crippen molar-refractivity contribution in [3.63, 3.8) is 0 Å². The van der Waals surface area contributed by atoms with Gasteiger partial charge in [0.25, 0.3) is 0 Å². The topological polar surface area (TPSA) is 90.0 Å². The molecule has 1 fully saturated rings. The summed E-state index contributed by atoms with van der Waals surface area (Å²) in [6, 6.07) is 23.7. The van der Waals surface area contributed by atoms with Crippen molar-refractivity contribution in [3.8, 4) is 5.75 Å². The van der Waals surface area contributed by atoms with Crippen LogP contribution in [0.25, 0.3) is 0 Å². The fourth-order valence-corrected chi connectivity index (χ4v) is 3.51. The zero-order chi connectivity index (χ0) is 23.2. The minimum absolute atomic E-state index is 0.0450. The van der Waals surface area contributed by atoms with Gasteiger partial charge in [-0.2, -0.15) is 0 Å². The molecular weight excluding hydrogens is 422 g/mol. The Hall–Kier alpha value is -4.26. The van der Waals surface area contributed by atoms with Crippen LogP contribution in [-0.2, 0) is 14.3 Å². The maximum absolute atomic E-state index is 12.4. The number of hydrogen-bond donors (Lipinski definition) is 0. The number of nitrogens with zero attached hydrogens (tertiary/aromatic N) is 1. The number of esters is 2. The minimum Gasteiger partial charge on any atom is -0.457 e. The smallest absolute Gasteiger partial charge is 0.343 e. The van der Waals surface area contributed by atoms with Crippen LogP contribution in [0.2, 0.25) is 0 Å². The third-order valence-electron chi connectivity index (χ3n) is 5.27. The maximum atomic E-state index is 12.4. The number of benzene rings is 3. The highest BCUT2D eigenvalue weighted by atomic mass is 16.5. The average molecular weight is 443 g/mol. The first-order valence-electron chi connectivity index (χ1n) is 10.4. The average Bonchev–Trinajstić information content (AvgIpc) is 3.25. The van der Waals surface area contributed by atoms with Gasteiger partial charge in [-0.3, -0.25) is 14.4 Å². The molecule has 0 aromatic heterocycles. The summed E-state index contributed by atoms with van der Waals surface area (Å²) in [5.74, 6) is -1.96. The number of rotatable bonds is 7. The van der Waals surface area contributed by atoms with Gasteiger partial charge in [0.05, 0.1) is 11.5 Å². The van der Waals surface area contributed by atoms with Gasteiger partial charge in [-0.05, 0) is 48.5 Å². The lowest BCUT2D eigenvalue weighted by atomic mass is 10.1. The van der Waals surface area contributed by atoms with Crippen molar-refractivity contribution in [2.24, 2.45) is 5.92 Å². The summed E-state index contributed by atoms with van der Waals surface area (Å²) in [4.78, 5) is 50.7. The number of anilines is 1. The predicted octanol–water partition coefficient (Wildman–Crippen LogP) is 3.68. The Bertz CT molecular complexity index is 1160. The number of Topliss-reactive ketones (excluding diaryl/α,β-unsaturated/α-hetero) is 1. The molecule has 0 radical (unpaired) electrons. The minimum atomic E-state index is -0.620. The highest BCUT2D eigenvalue weighted by Gasteiger charge is 2.36. The van der Waals surface area contributed by atoms with Crippen molar-refractivity contribution >= 4 is 29.3 Å². The van der Waals surface area contributed by atoms with Gasteiger partial charge in [0.15, 0.2) is 12.4 Å². The van der Waals surface area contributed by atoms with Crippen LogP contribution < -0.4 is 9.64 Å². The molecule has 33 heavy (non-hydrogen) atoms. The highest BCUT2D eigenvalue weighted by molar-refractivity contribution is 6.01. The van der Waals surface area contributed by atoms with Gasteiger partial charge >= 0.3 is 11.9 Å². The third kappa shape index (κ3) is 5.33. The zero-order valence-electron chi connectivity index (χ0n) is 17.7. The van der Waals surface area contributed by atoms with Crippen LogP contribution in [0.15, 0.2) is 84.9 Å². The van der Waals surface area contributed by atoms with Crippen LogP contribution in [0.4, 0.5) is 5.69 Å². The van der Waals surface area contributed by atoms with Crippen LogP contribution in [0.1, 0.15) is 27.1 Å². The van der Waals surface area contributed by atoms with Crippen molar-refractivity contribution < 1.29 is 28.7 Å². The van der Waals surface area contributed by atoms with Crippen LogP contribution in [0.5, 0.6) is 5.75 Å². The number of carbonyl (C=O) groups excluding carboxylic acids is 4. The molecule has 1 atom stereocenters. The van der Waals surface area contributed by atoms with Gasteiger partial charge in [-0.25, -0.2) is 4.79 Å². The number of ether oxygens (including phenoxy) is 2. The Labute approximate surface area is 190 Å². The molecule has 3 aromatic rings. The fraction of sp³-hybridized carbons (Fsp3) is 0.154. The Balaban J connectivity index is 1.28. The first-order chi connectivity index (χ1) is 16.0. The van der Waals surface area contributed by atoms with E-state index in [9.17, 15) is 19.2 Å². The van der Waals surface area contributed by atoms with Crippen LogP contribution in [0.3, 0.4) is 0 Å². The molecule has 0 unspecified atom stereocenters. The van der Waals surface area contributed by atoms with E-state index in [1.807, 2.05) is 18.2 Å². The van der Waals surface area contributed by atoms with Gasteiger partial charge in [-0.1, -0.05) is 36.4 Å². The molecule has 1 heterocycles. The van der Waals surface area contributed by atoms with Gasteiger partial charge in [0.2, 0.25) is 5.91 Å². The van der Waals surface area contributed by atoms with Crippen molar-refractivity contribution in [1.29, 1.82) is 0 Å². The van der Waals surface area contributed by atoms with E-state index in [4.69, 9.17) is 9.47 Å². The van der Waals surface area contributed by atoms with Gasteiger partial charge < -0.3 is 14.4 Å². The quantitative estimate of drug-likeness (QED) is 0.314. The Morgan fingerprint density at radius 2 is 1.45 bits per heavy atom. The van der Waals surface area contributed by atoms with E-state index in [0.29, 0.717) is 16.9 Å². The van der Waals surface area contributed by atoms with E-state index < -0.39 is 30.2 Å². The van der Waals surface area contributed by atoms with Crippen molar-refractivity contribution in [2.45, 2.75) is 6.42 Å². The molecule has 0 aliphatic carbocycles. The highest BCUT2D eigenvalue weighted by Crippen LogP contribution is 2.25. The van der Waals surface area contributed by atoms with Crippen molar-refractivity contribution in [2.75, 3.05) is 18.1 Å². The normalized spacial score (nSPS) is 15.2. The molecule has 1 saturated heterocycles. The monoisotopic (exact) mass is 443 g/mol. The second kappa shape index (κ2) is 9.91. The van der Waals surface area contributed by atoms with Crippen molar-refractivity contribution in [3.05, 3.63) is 96.1 Å². The summed E-state index contributed by atoms with van der Waals surface area (Å²) in [6.45, 7) is -0.213. The summed E-state index contributed by atoms with van der Waals surface area (Å²) in [7, 11) is 0. The molecule has 1 amide bonds. The van der Waals surface area contributed by atoms with E-state index in [1.165, 1.54) is 24.3 Å². The molecule has 0 spiro atoms. The molecule has 7 heteroatoms. The lowest BCUT2D eigenvalue weighted by Crippen LogP contribution is -2.27. The second-order valence-corrected chi connectivity index (χ2v) is 7.55. The molecule has 166 valence electrons. The van der Waals surface area contributed by atoms with E-state index in [-0.39, 0.29) is 18.9 Å². The summed E-state index contributed by atoms with van der Waals surface area (Å²) in [5, 5.41) is 0. The first kappa shape index (κ1) is 22.0. The number of ketones is 1. The number of amides is 1. The van der Waals surface area contributed by atoms with Crippen LogP contribution >= 0.6 is 0 Å². The Morgan fingerprint density at radius 3 is 2.12 bits per heavy atom. The fourth-order valence-electron chi connectivity index (χ4n) is 3.51. The molecular formula is C26H21NO6. The summed E-state index contributed by atoms with van der Waals surface area (Å²) < 4.78 is 10.5. The zero-order valence-corrected chi connectivity index (χ0v) is 17.7. The molecule has 0 N–H and O–H groups in total. The lowest BCUT2D eigenvalue weighted by molar-refractivity contribution is -0.147. The molecule has 0 saturated carbocycles. The van der Waals surface area contributed by atoms with Crippen molar-refractivity contribution in [1.82, 2.24) is 0 Å². The van der Waals surface area contributed by atoms with Gasteiger partial charge in [0, 0.05) is 24.2 Å². The summed E-state index contributed by atoms with van der Waals surface area (Å²) >= 11 is 0. The van der Waals surface area contributed by atoms with E-state index in [0.717, 1.165) is 5.69 Å². The number of carbonyl (C=O) groups is 4. The summed E-state index contributed by atoms with van der Waals surface area (Å²) in [6.07, 6.45) is 0.0450.